The lowest BCUT2D eigenvalue weighted by atomic mass is 10.0. The lowest BCUT2D eigenvalue weighted by Gasteiger charge is -2.18. The first-order valence-corrected chi connectivity index (χ1v) is 7.77. The first kappa shape index (κ1) is 16.0. The molecule has 1 unspecified atom stereocenters. The minimum Gasteiger partial charge on any atom is -0.271 e. The largest absolute Gasteiger partial charge is 0.271 e. The second kappa shape index (κ2) is 8.92. The van der Waals surface area contributed by atoms with Crippen molar-refractivity contribution in [2.24, 2.45) is 5.84 Å². The van der Waals surface area contributed by atoms with E-state index in [1.807, 2.05) is 18.2 Å². The van der Waals surface area contributed by atoms with E-state index in [1.165, 1.54) is 32.1 Å². The SMILES string of the molecule is CCCCCCCC(NN)c1cccc(Br)c1Cl. The first-order chi connectivity index (χ1) is 8.70. The molecule has 0 aliphatic rings. The number of halogens is 2. The number of benzene rings is 1. The Morgan fingerprint density at radius 3 is 2.67 bits per heavy atom. The molecular formula is C14H22BrClN2. The lowest BCUT2D eigenvalue weighted by Crippen LogP contribution is -2.28. The van der Waals surface area contributed by atoms with Crippen molar-refractivity contribution in [3.63, 3.8) is 0 Å². The van der Waals surface area contributed by atoms with Crippen molar-refractivity contribution in [3.8, 4) is 0 Å². The van der Waals surface area contributed by atoms with Gasteiger partial charge in [0, 0.05) is 10.5 Å². The minimum atomic E-state index is 0.136. The van der Waals surface area contributed by atoms with E-state index < -0.39 is 0 Å². The predicted octanol–water partition coefficient (Wildman–Crippen LogP) is 4.97. The van der Waals surface area contributed by atoms with Crippen molar-refractivity contribution in [2.45, 2.75) is 51.5 Å². The second-order valence-corrected chi connectivity index (χ2v) is 5.80. The van der Waals surface area contributed by atoms with Crippen LogP contribution >= 0.6 is 27.5 Å². The maximum Gasteiger partial charge on any atom is 0.0596 e. The van der Waals surface area contributed by atoms with E-state index in [9.17, 15) is 0 Å². The van der Waals surface area contributed by atoms with Crippen LogP contribution in [0.2, 0.25) is 5.02 Å². The highest BCUT2D eigenvalue weighted by atomic mass is 79.9. The fourth-order valence-corrected chi connectivity index (χ4v) is 2.71. The molecule has 2 nitrogen and oxygen atoms in total. The Bertz CT molecular complexity index is 358. The molecule has 0 saturated heterocycles. The summed E-state index contributed by atoms with van der Waals surface area (Å²) in [5.41, 5.74) is 3.95. The van der Waals surface area contributed by atoms with Crippen LogP contribution in [0.25, 0.3) is 0 Å². The van der Waals surface area contributed by atoms with Gasteiger partial charge in [0.15, 0.2) is 0 Å². The Balaban J connectivity index is 2.52. The highest BCUT2D eigenvalue weighted by Gasteiger charge is 2.14. The summed E-state index contributed by atoms with van der Waals surface area (Å²) >= 11 is 9.73. The molecule has 1 aromatic carbocycles. The number of nitrogens with one attached hydrogen (secondary N) is 1. The van der Waals surface area contributed by atoms with E-state index in [0.717, 1.165) is 21.5 Å². The molecule has 0 heterocycles. The molecule has 0 saturated carbocycles. The Kier molecular flexibility index (Phi) is 7.91. The maximum atomic E-state index is 6.29. The van der Waals surface area contributed by atoms with Crippen LogP contribution in [-0.2, 0) is 0 Å². The van der Waals surface area contributed by atoms with Gasteiger partial charge in [-0.05, 0) is 34.0 Å². The Morgan fingerprint density at radius 2 is 2.00 bits per heavy atom. The Labute approximate surface area is 123 Å². The number of hydrogen-bond acceptors (Lipinski definition) is 2. The third-order valence-electron chi connectivity index (χ3n) is 3.15. The number of nitrogens with two attached hydrogens (primary N) is 1. The number of unbranched alkanes of at least 4 members (excludes halogenated alkanes) is 4. The van der Waals surface area contributed by atoms with Crippen molar-refractivity contribution < 1.29 is 0 Å². The monoisotopic (exact) mass is 332 g/mol. The average Bonchev–Trinajstić information content (AvgIpc) is 2.38. The van der Waals surface area contributed by atoms with Crippen LogP contribution in [0.4, 0.5) is 0 Å². The molecule has 0 aromatic heterocycles. The van der Waals surface area contributed by atoms with Crippen LogP contribution in [-0.4, -0.2) is 0 Å². The molecule has 0 radical (unpaired) electrons. The van der Waals surface area contributed by atoms with Gasteiger partial charge in [-0.25, -0.2) is 0 Å². The molecule has 1 aromatic rings. The molecule has 4 heteroatoms. The normalized spacial score (nSPS) is 12.7. The Morgan fingerprint density at radius 1 is 1.28 bits per heavy atom. The number of hydrazine groups is 1. The zero-order valence-corrected chi connectivity index (χ0v) is 13.2. The zero-order valence-electron chi connectivity index (χ0n) is 10.9. The summed E-state index contributed by atoms with van der Waals surface area (Å²) in [6, 6.07) is 6.11. The van der Waals surface area contributed by atoms with Gasteiger partial charge < -0.3 is 0 Å². The van der Waals surface area contributed by atoms with Crippen molar-refractivity contribution in [1.29, 1.82) is 0 Å². The van der Waals surface area contributed by atoms with Gasteiger partial charge >= 0.3 is 0 Å². The quantitative estimate of drug-likeness (QED) is 0.400. The molecule has 102 valence electrons. The molecule has 18 heavy (non-hydrogen) atoms. The van der Waals surface area contributed by atoms with E-state index in [0.29, 0.717) is 0 Å². The van der Waals surface area contributed by atoms with Gasteiger partial charge in [-0.3, -0.25) is 11.3 Å². The van der Waals surface area contributed by atoms with E-state index >= 15 is 0 Å². The smallest absolute Gasteiger partial charge is 0.0596 e. The van der Waals surface area contributed by atoms with E-state index in [4.69, 9.17) is 17.4 Å². The third-order valence-corrected chi connectivity index (χ3v) is 4.47. The average molecular weight is 334 g/mol. The Hall–Kier alpha value is -0.0900. The molecule has 0 aliphatic heterocycles. The summed E-state index contributed by atoms with van der Waals surface area (Å²) < 4.78 is 0.924. The fourth-order valence-electron chi connectivity index (χ4n) is 2.07. The zero-order chi connectivity index (χ0) is 13.4. The van der Waals surface area contributed by atoms with Crippen LogP contribution in [0.1, 0.15) is 57.1 Å². The standard InChI is InChI=1S/C14H22BrClN2/c1-2-3-4-5-6-10-13(18-17)11-8-7-9-12(15)14(11)16/h7-9,13,18H,2-6,10,17H2,1H3. The van der Waals surface area contributed by atoms with Gasteiger partial charge in [0.25, 0.3) is 0 Å². The van der Waals surface area contributed by atoms with Gasteiger partial charge in [-0.15, -0.1) is 0 Å². The third kappa shape index (κ3) is 4.88. The molecular weight excluding hydrogens is 312 g/mol. The predicted molar refractivity (Wildman–Crippen MR) is 82.6 cm³/mol. The topological polar surface area (TPSA) is 38.0 Å². The van der Waals surface area contributed by atoms with Crippen LogP contribution in [0, 0.1) is 0 Å². The van der Waals surface area contributed by atoms with Crippen LogP contribution in [0.3, 0.4) is 0 Å². The van der Waals surface area contributed by atoms with Gasteiger partial charge in [-0.1, -0.05) is 62.8 Å². The summed E-state index contributed by atoms with van der Waals surface area (Å²) in [4.78, 5) is 0. The molecule has 0 amide bonds. The first-order valence-electron chi connectivity index (χ1n) is 6.60. The summed E-state index contributed by atoms with van der Waals surface area (Å²) in [7, 11) is 0. The molecule has 0 fully saturated rings. The second-order valence-electron chi connectivity index (χ2n) is 4.57. The van der Waals surface area contributed by atoms with Gasteiger partial charge in [0.2, 0.25) is 0 Å². The molecule has 3 N–H and O–H groups in total. The van der Waals surface area contributed by atoms with E-state index in [-0.39, 0.29) is 6.04 Å². The van der Waals surface area contributed by atoms with Gasteiger partial charge in [0.05, 0.1) is 5.02 Å². The van der Waals surface area contributed by atoms with Crippen molar-refractivity contribution in [1.82, 2.24) is 5.43 Å². The summed E-state index contributed by atoms with van der Waals surface area (Å²) in [5.74, 6) is 5.64. The van der Waals surface area contributed by atoms with Crippen molar-refractivity contribution >= 4 is 27.5 Å². The van der Waals surface area contributed by atoms with Crippen molar-refractivity contribution in [2.75, 3.05) is 0 Å². The summed E-state index contributed by atoms with van der Waals surface area (Å²) in [6.45, 7) is 2.23. The van der Waals surface area contributed by atoms with Crippen LogP contribution < -0.4 is 11.3 Å². The molecule has 1 atom stereocenters. The lowest BCUT2D eigenvalue weighted by molar-refractivity contribution is 0.479. The summed E-state index contributed by atoms with van der Waals surface area (Å²) in [6.07, 6.45) is 7.36. The molecule has 1 rings (SSSR count). The van der Waals surface area contributed by atoms with Crippen LogP contribution in [0.5, 0.6) is 0 Å². The highest BCUT2D eigenvalue weighted by Crippen LogP contribution is 2.32. The van der Waals surface area contributed by atoms with Gasteiger partial charge in [0.1, 0.15) is 0 Å². The number of rotatable bonds is 8. The highest BCUT2D eigenvalue weighted by molar-refractivity contribution is 9.10. The summed E-state index contributed by atoms with van der Waals surface area (Å²) in [5, 5.41) is 0.758. The minimum absolute atomic E-state index is 0.136. The molecule has 0 bridgehead atoms. The molecule has 0 aliphatic carbocycles. The fraction of sp³-hybridized carbons (Fsp3) is 0.571. The van der Waals surface area contributed by atoms with Crippen molar-refractivity contribution in [3.05, 3.63) is 33.3 Å². The van der Waals surface area contributed by atoms with E-state index in [2.05, 4.69) is 28.3 Å². The number of hydrogen-bond donors (Lipinski definition) is 2. The van der Waals surface area contributed by atoms with Crippen LogP contribution in [0.15, 0.2) is 22.7 Å². The van der Waals surface area contributed by atoms with Gasteiger partial charge in [-0.2, -0.15) is 0 Å². The molecule has 0 spiro atoms. The van der Waals surface area contributed by atoms with E-state index in [1.54, 1.807) is 0 Å². The maximum absolute atomic E-state index is 6.29.